The Morgan fingerprint density at radius 3 is 2.70 bits per heavy atom. The first-order valence-electron chi connectivity index (χ1n) is 8.95. The number of pyridine rings is 1. The van der Waals surface area contributed by atoms with Crippen LogP contribution < -0.4 is 10.9 Å². The highest BCUT2D eigenvalue weighted by Gasteiger charge is 2.19. The van der Waals surface area contributed by atoms with Crippen molar-refractivity contribution in [2.24, 2.45) is 0 Å². The molecule has 0 fully saturated rings. The van der Waals surface area contributed by atoms with Crippen LogP contribution in [0.1, 0.15) is 16.2 Å². The molecule has 1 amide bonds. The summed E-state index contributed by atoms with van der Waals surface area (Å²) in [4.78, 5) is 44.6. The summed E-state index contributed by atoms with van der Waals surface area (Å²) in [6.07, 6.45) is 1.57. The number of fused-ring (bicyclic) bond motifs is 1. The maximum atomic E-state index is 12.9. The SMILES string of the molecule is Cc1nc2ncccc2c(=O)n1-c1cccc(NC(=O)c2ccccc2[N+](=O)[O-])c1. The summed E-state index contributed by atoms with van der Waals surface area (Å²) in [7, 11) is 0. The van der Waals surface area contributed by atoms with E-state index in [1.807, 2.05) is 0 Å². The second kappa shape index (κ2) is 7.55. The van der Waals surface area contributed by atoms with Gasteiger partial charge >= 0.3 is 0 Å². The molecular weight excluding hydrogens is 386 g/mol. The molecule has 0 saturated carbocycles. The molecule has 4 rings (SSSR count). The van der Waals surface area contributed by atoms with E-state index in [2.05, 4.69) is 15.3 Å². The number of hydrogen-bond donors (Lipinski definition) is 1. The first-order chi connectivity index (χ1) is 14.5. The number of hydrogen-bond acceptors (Lipinski definition) is 6. The van der Waals surface area contributed by atoms with Gasteiger partial charge in [-0.1, -0.05) is 18.2 Å². The Bertz CT molecular complexity index is 1360. The van der Waals surface area contributed by atoms with Crippen LogP contribution in [-0.4, -0.2) is 25.4 Å². The van der Waals surface area contributed by atoms with Gasteiger partial charge in [0, 0.05) is 18.0 Å². The summed E-state index contributed by atoms with van der Waals surface area (Å²) in [6.45, 7) is 1.69. The van der Waals surface area contributed by atoms with Gasteiger partial charge in [0.1, 0.15) is 11.4 Å². The smallest absolute Gasteiger partial charge is 0.282 e. The third-order valence-electron chi connectivity index (χ3n) is 4.52. The molecular formula is C21H15N5O4. The molecule has 0 aliphatic rings. The maximum Gasteiger partial charge on any atom is 0.282 e. The molecule has 0 saturated heterocycles. The number of anilines is 1. The number of aromatic nitrogens is 3. The zero-order valence-electron chi connectivity index (χ0n) is 15.8. The van der Waals surface area contributed by atoms with E-state index in [1.54, 1.807) is 55.6 Å². The number of rotatable bonds is 4. The van der Waals surface area contributed by atoms with Crippen LogP contribution in [0.25, 0.3) is 16.7 Å². The zero-order chi connectivity index (χ0) is 21.3. The molecule has 0 aliphatic carbocycles. The van der Waals surface area contributed by atoms with Gasteiger partial charge in [0.25, 0.3) is 17.2 Å². The van der Waals surface area contributed by atoms with E-state index >= 15 is 0 Å². The van der Waals surface area contributed by atoms with Gasteiger partial charge in [0.15, 0.2) is 5.65 Å². The van der Waals surface area contributed by atoms with Gasteiger partial charge in [-0.2, -0.15) is 0 Å². The lowest BCUT2D eigenvalue weighted by Gasteiger charge is -2.12. The van der Waals surface area contributed by atoms with E-state index in [1.165, 1.54) is 22.8 Å². The number of nitrogens with zero attached hydrogens (tertiary/aromatic N) is 4. The minimum atomic E-state index is -0.621. The molecule has 9 heteroatoms. The lowest BCUT2D eigenvalue weighted by Crippen LogP contribution is -2.23. The topological polar surface area (TPSA) is 120 Å². The summed E-state index contributed by atoms with van der Waals surface area (Å²) >= 11 is 0. The van der Waals surface area contributed by atoms with E-state index < -0.39 is 10.8 Å². The lowest BCUT2D eigenvalue weighted by atomic mass is 10.1. The van der Waals surface area contributed by atoms with Gasteiger partial charge in [-0.3, -0.25) is 24.3 Å². The highest BCUT2D eigenvalue weighted by atomic mass is 16.6. The molecule has 1 N–H and O–H groups in total. The predicted octanol–water partition coefficient (Wildman–Crippen LogP) is 3.25. The highest BCUT2D eigenvalue weighted by molar-refractivity contribution is 6.07. The Labute approximate surface area is 169 Å². The van der Waals surface area contributed by atoms with Gasteiger partial charge < -0.3 is 5.32 Å². The average molecular weight is 401 g/mol. The fourth-order valence-electron chi connectivity index (χ4n) is 3.17. The fraction of sp³-hybridized carbons (Fsp3) is 0.0476. The summed E-state index contributed by atoms with van der Waals surface area (Å²) in [5.41, 5.74) is 0.610. The molecule has 148 valence electrons. The molecule has 0 radical (unpaired) electrons. The van der Waals surface area contributed by atoms with Crippen molar-refractivity contribution >= 4 is 28.3 Å². The number of benzene rings is 2. The van der Waals surface area contributed by atoms with Crippen LogP contribution in [0.4, 0.5) is 11.4 Å². The number of carbonyl (C=O) groups is 1. The normalized spacial score (nSPS) is 10.7. The summed E-state index contributed by atoms with van der Waals surface area (Å²) in [5.74, 6) is -0.183. The first kappa shape index (κ1) is 18.9. The molecule has 9 nitrogen and oxygen atoms in total. The quantitative estimate of drug-likeness (QED) is 0.414. The minimum Gasteiger partial charge on any atom is -0.322 e. The fourth-order valence-corrected chi connectivity index (χ4v) is 3.17. The van der Waals surface area contributed by atoms with Crippen LogP contribution in [-0.2, 0) is 0 Å². The third kappa shape index (κ3) is 3.39. The highest BCUT2D eigenvalue weighted by Crippen LogP contribution is 2.21. The number of nitro groups is 1. The van der Waals surface area contributed by atoms with Crippen LogP contribution in [0.15, 0.2) is 71.7 Å². The molecule has 0 atom stereocenters. The molecule has 4 aromatic rings. The number of aryl methyl sites for hydroxylation is 1. The van der Waals surface area contributed by atoms with Crippen LogP contribution in [0.2, 0.25) is 0 Å². The van der Waals surface area contributed by atoms with Gasteiger partial charge in [0.05, 0.1) is 16.0 Å². The number of nitrogens with one attached hydrogen (secondary N) is 1. The summed E-state index contributed by atoms with van der Waals surface area (Å²) in [6, 6.07) is 15.6. The largest absolute Gasteiger partial charge is 0.322 e. The molecule has 0 aliphatic heterocycles. The van der Waals surface area contributed by atoms with Crippen molar-refractivity contribution in [3.63, 3.8) is 0 Å². The van der Waals surface area contributed by atoms with E-state index in [4.69, 9.17) is 0 Å². The average Bonchev–Trinajstić information content (AvgIpc) is 2.74. The molecule has 2 aromatic heterocycles. The monoisotopic (exact) mass is 401 g/mol. The second-order valence-corrected chi connectivity index (χ2v) is 6.45. The van der Waals surface area contributed by atoms with Crippen molar-refractivity contribution in [2.45, 2.75) is 6.92 Å². The van der Waals surface area contributed by atoms with Crippen LogP contribution >= 0.6 is 0 Å². The van der Waals surface area contributed by atoms with Crippen LogP contribution in [0.5, 0.6) is 0 Å². The van der Waals surface area contributed by atoms with E-state index in [0.717, 1.165) is 0 Å². The third-order valence-corrected chi connectivity index (χ3v) is 4.52. The first-order valence-corrected chi connectivity index (χ1v) is 8.95. The second-order valence-electron chi connectivity index (χ2n) is 6.45. The molecule has 0 bridgehead atoms. The summed E-state index contributed by atoms with van der Waals surface area (Å²) < 4.78 is 1.42. The molecule has 2 heterocycles. The lowest BCUT2D eigenvalue weighted by molar-refractivity contribution is -0.385. The molecule has 2 aromatic carbocycles. The van der Waals surface area contributed by atoms with Gasteiger partial charge in [0.2, 0.25) is 0 Å². The Kier molecular flexibility index (Phi) is 4.77. The van der Waals surface area contributed by atoms with E-state index in [0.29, 0.717) is 28.2 Å². The Morgan fingerprint density at radius 1 is 1.10 bits per heavy atom. The number of para-hydroxylation sites is 1. The van der Waals surface area contributed by atoms with Gasteiger partial charge in [-0.15, -0.1) is 0 Å². The number of carbonyl (C=O) groups excluding carboxylic acids is 1. The van der Waals surface area contributed by atoms with Crippen LogP contribution in [0, 0.1) is 17.0 Å². The van der Waals surface area contributed by atoms with E-state index in [-0.39, 0.29) is 16.8 Å². The predicted molar refractivity (Wildman–Crippen MR) is 111 cm³/mol. The molecule has 30 heavy (non-hydrogen) atoms. The Balaban J connectivity index is 1.73. The van der Waals surface area contributed by atoms with Crippen molar-refractivity contribution in [3.05, 3.63) is 98.7 Å². The van der Waals surface area contributed by atoms with Crippen molar-refractivity contribution < 1.29 is 9.72 Å². The molecule has 0 unspecified atom stereocenters. The maximum absolute atomic E-state index is 12.9. The van der Waals surface area contributed by atoms with Crippen molar-refractivity contribution in [3.8, 4) is 5.69 Å². The van der Waals surface area contributed by atoms with Crippen LogP contribution in [0.3, 0.4) is 0 Å². The number of nitro benzene ring substituents is 1. The Morgan fingerprint density at radius 2 is 1.90 bits per heavy atom. The molecule has 0 spiro atoms. The van der Waals surface area contributed by atoms with Crippen molar-refractivity contribution in [2.75, 3.05) is 5.32 Å². The van der Waals surface area contributed by atoms with Gasteiger partial charge in [-0.05, 0) is 43.3 Å². The standard InChI is InChI=1S/C21H15N5O4/c1-13-23-19-17(9-5-11-22-19)21(28)25(13)15-7-4-6-14(12-15)24-20(27)16-8-2-3-10-18(16)26(29)30/h2-12H,1H3,(H,24,27). The zero-order valence-corrected chi connectivity index (χ0v) is 15.8. The number of amides is 1. The Hall–Kier alpha value is -4.40. The van der Waals surface area contributed by atoms with E-state index in [9.17, 15) is 19.7 Å². The van der Waals surface area contributed by atoms with Gasteiger partial charge in [-0.25, -0.2) is 9.97 Å². The summed E-state index contributed by atoms with van der Waals surface area (Å²) in [5, 5.41) is 14.2. The van der Waals surface area contributed by atoms with Crippen molar-refractivity contribution in [1.29, 1.82) is 0 Å². The minimum absolute atomic E-state index is 0.0558. The van der Waals surface area contributed by atoms with Crippen molar-refractivity contribution in [1.82, 2.24) is 14.5 Å².